The molecular weight excluding hydrogens is 169 g/mol. The highest BCUT2D eigenvalue weighted by Crippen LogP contribution is 2.34. The second kappa shape index (κ2) is 2.91. The molecule has 0 aromatic heterocycles. The van der Waals surface area contributed by atoms with Gasteiger partial charge in [0.1, 0.15) is 11.9 Å². The van der Waals surface area contributed by atoms with Crippen LogP contribution in [0.25, 0.3) is 0 Å². The minimum Gasteiger partial charge on any atom is -0.506 e. The van der Waals surface area contributed by atoms with Crippen LogP contribution in [0.15, 0.2) is 18.2 Å². The van der Waals surface area contributed by atoms with Gasteiger partial charge >= 0.3 is 0 Å². The van der Waals surface area contributed by atoms with Crippen molar-refractivity contribution in [3.8, 4) is 5.75 Å². The Morgan fingerprint density at radius 3 is 3.00 bits per heavy atom. The molecule has 2 unspecified atom stereocenters. The molecule has 1 aliphatic rings. The van der Waals surface area contributed by atoms with Crippen molar-refractivity contribution in [2.24, 2.45) is 0 Å². The maximum atomic E-state index is 13.0. The molecule has 0 saturated heterocycles. The van der Waals surface area contributed by atoms with E-state index in [2.05, 4.69) is 5.32 Å². The zero-order chi connectivity index (χ0) is 9.42. The summed E-state index contributed by atoms with van der Waals surface area (Å²) in [5.74, 6) is 0.209. The largest absolute Gasteiger partial charge is 0.506 e. The summed E-state index contributed by atoms with van der Waals surface area (Å²) in [6, 6.07) is 5.10. The fraction of sp³-hybridized carbons (Fsp3) is 0.400. The highest BCUT2D eigenvalue weighted by Gasteiger charge is 2.26. The van der Waals surface area contributed by atoms with Gasteiger partial charge < -0.3 is 10.4 Å². The summed E-state index contributed by atoms with van der Waals surface area (Å²) in [5, 5.41) is 12.4. The number of benzene rings is 1. The van der Waals surface area contributed by atoms with Crippen molar-refractivity contribution in [1.29, 1.82) is 0 Å². The average Bonchev–Trinajstić information content (AvgIpc) is 2.49. The molecule has 0 bridgehead atoms. The monoisotopic (exact) mass is 181 g/mol. The summed E-state index contributed by atoms with van der Waals surface area (Å²) in [5.41, 5.74) is 1.69. The third-order valence-electron chi connectivity index (χ3n) is 2.45. The van der Waals surface area contributed by atoms with Crippen LogP contribution >= 0.6 is 0 Å². The van der Waals surface area contributed by atoms with Crippen molar-refractivity contribution in [2.75, 3.05) is 5.32 Å². The highest BCUT2D eigenvalue weighted by atomic mass is 19.1. The smallest absolute Gasteiger partial charge is 0.138 e. The Morgan fingerprint density at radius 2 is 2.38 bits per heavy atom. The van der Waals surface area contributed by atoms with E-state index >= 15 is 0 Å². The van der Waals surface area contributed by atoms with Gasteiger partial charge in [0.15, 0.2) is 0 Å². The fourth-order valence-electron chi connectivity index (χ4n) is 1.67. The molecule has 0 spiro atoms. The quantitative estimate of drug-likeness (QED) is 0.650. The third kappa shape index (κ3) is 1.34. The van der Waals surface area contributed by atoms with Gasteiger partial charge in [0, 0.05) is 0 Å². The van der Waals surface area contributed by atoms with Crippen LogP contribution in [0, 0.1) is 0 Å². The van der Waals surface area contributed by atoms with Crippen molar-refractivity contribution < 1.29 is 9.50 Å². The van der Waals surface area contributed by atoms with E-state index < -0.39 is 6.17 Å². The summed E-state index contributed by atoms with van der Waals surface area (Å²) in [6.45, 7) is 1.53. The third-order valence-corrected chi connectivity index (χ3v) is 2.45. The van der Waals surface area contributed by atoms with Crippen molar-refractivity contribution >= 4 is 5.69 Å². The molecule has 70 valence electrons. The van der Waals surface area contributed by atoms with E-state index in [1.54, 1.807) is 12.1 Å². The van der Waals surface area contributed by atoms with E-state index in [-0.39, 0.29) is 11.8 Å². The second-order valence-electron chi connectivity index (χ2n) is 3.44. The fourth-order valence-corrected chi connectivity index (χ4v) is 1.67. The number of nitrogens with one attached hydrogen (secondary N) is 1. The zero-order valence-corrected chi connectivity index (χ0v) is 7.42. The van der Waals surface area contributed by atoms with E-state index in [1.807, 2.05) is 6.07 Å². The van der Waals surface area contributed by atoms with Crippen LogP contribution in [-0.4, -0.2) is 17.3 Å². The van der Waals surface area contributed by atoms with Gasteiger partial charge in [0.05, 0.1) is 11.7 Å². The molecule has 1 aliphatic heterocycles. The number of anilines is 1. The number of phenols is 1. The number of fused-ring (bicyclic) bond motifs is 1. The second-order valence-corrected chi connectivity index (χ2v) is 3.44. The SMILES string of the molecule is CC(F)C1Cc2cccc(O)c2N1. The molecule has 0 radical (unpaired) electrons. The molecule has 0 amide bonds. The molecule has 2 atom stereocenters. The maximum Gasteiger partial charge on any atom is 0.138 e. The number of halogens is 1. The molecule has 0 saturated carbocycles. The van der Waals surface area contributed by atoms with Gasteiger partial charge in [-0.05, 0) is 25.0 Å². The Kier molecular flexibility index (Phi) is 1.87. The normalized spacial score (nSPS) is 22.2. The topological polar surface area (TPSA) is 32.3 Å². The summed E-state index contributed by atoms with van der Waals surface area (Å²) >= 11 is 0. The molecule has 1 aromatic carbocycles. The van der Waals surface area contributed by atoms with E-state index in [0.29, 0.717) is 12.1 Å². The standard InChI is InChI=1S/C10H12FNO/c1-6(11)8-5-7-3-2-4-9(13)10(7)12-8/h2-4,6,8,12-13H,5H2,1H3. The van der Waals surface area contributed by atoms with Crippen LogP contribution in [0.1, 0.15) is 12.5 Å². The molecule has 13 heavy (non-hydrogen) atoms. The number of para-hydroxylation sites is 1. The molecule has 2 nitrogen and oxygen atoms in total. The molecule has 3 heteroatoms. The van der Waals surface area contributed by atoms with Crippen LogP contribution in [0.5, 0.6) is 5.75 Å². The van der Waals surface area contributed by atoms with E-state index in [4.69, 9.17) is 0 Å². The summed E-state index contributed by atoms with van der Waals surface area (Å²) < 4.78 is 13.0. The van der Waals surface area contributed by atoms with Gasteiger partial charge in [-0.3, -0.25) is 0 Å². The minimum absolute atomic E-state index is 0.191. The van der Waals surface area contributed by atoms with E-state index in [0.717, 1.165) is 5.56 Å². The summed E-state index contributed by atoms with van der Waals surface area (Å²) in [4.78, 5) is 0. The Labute approximate surface area is 76.4 Å². The van der Waals surface area contributed by atoms with Crippen LogP contribution in [0.4, 0.5) is 10.1 Å². The van der Waals surface area contributed by atoms with E-state index in [9.17, 15) is 9.50 Å². The molecule has 1 heterocycles. The average molecular weight is 181 g/mol. The van der Waals surface area contributed by atoms with Crippen LogP contribution in [0.2, 0.25) is 0 Å². The minimum atomic E-state index is -0.896. The van der Waals surface area contributed by atoms with Gasteiger partial charge in [0.25, 0.3) is 0 Å². The Balaban J connectivity index is 2.30. The number of aromatic hydroxyl groups is 1. The van der Waals surface area contributed by atoms with Gasteiger partial charge in [-0.2, -0.15) is 0 Å². The molecule has 2 N–H and O–H groups in total. The van der Waals surface area contributed by atoms with Gasteiger partial charge in [-0.25, -0.2) is 4.39 Å². The van der Waals surface area contributed by atoms with Crippen molar-refractivity contribution in [3.05, 3.63) is 23.8 Å². The number of hydrogen-bond acceptors (Lipinski definition) is 2. The first-order chi connectivity index (χ1) is 6.18. The molecule has 2 rings (SSSR count). The molecule has 0 aliphatic carbocycles. The van der Waals surface area contributed by atoms with Crippen LogP contribution in [0.3, 0.4) is 0 Å². The lowest BCUT2D eigenvalue weighted by Crippen LogP contribution is -2.25. The van der Waals surface area contributed by atoms with Crippen molar-refractivity contribution in [1.82, 2.24) is 0 Å². The predicted octanol–water partition coefficient (Wildman–Crippen LogP) is 2.09. The first-order valence-corrected chi connectivity index (χ1v) is 4.40. The Morgan fingerprint density at radius 1 is 1.62 bits per heavy atom. The highest BCUT2D eigenvalue weighted by molar-refractivity contribution is 5.65. The van der Waals surface area contributed by atoms with Crippen molar-refractivity contribution in [3.63, 3.8) is 0 Å². The first kappa shape index (κ1) is 8.35. The number of hydrogen-bond donors (Lipinski definition) is 2. The summed E-state index contributed by atoms with van der Waals surface area (Å²) in [6.07, 6.45) is -0.242. The lowest BCUT2D eigenvalue weighted by Gasteiger charge is -2.11. The van der Waals surface area contributed by atoms with Crippen LogP contribution in [-0.2, 0) is 6.42 Å². The predicted molar refractivity (Wildman–Crippen MR) is 49.8 cm³/mol. The molecule has 1 aromatic rings. The van der Waals surface area contributed by atoms with E-state index in [1.165, 1.54) is 6.92 Å². The van der Waals surface area contributed by atoms with Crippen molar-refractivity contribution in [2.45, 2.75) is 25.6 Å². The maximum absolute atomic E-state index is 13.0. The lowest BCUT2D eigenvalue weighted by atomic mass is 10.1. The molecule has 0 fully saturated rings. The number of alkyl halides is 1. The van der Waals surface area contributed by atoms with Gasteiger partial charge in [-0.15, -0.1) is 0 Å². The van der Waals surface area contributed by atoms with Crippen LogP contribution < -0.4 is 5.32 Å². The van der Waals surface area contributed by atoms with Gasteiger partial charge in [0.2, 0.25) is 0 Å². The zero-order valence-electron chi connectivity index (χ0n) is 7.42. The number of phenolic OH excluding ortho intramolecular Hbond substituents is 1. The number of rotatable bonds is 1. The lowest BCUT2D eigenvalue weighted by molar-refractivity contribution is 0.322. The first-order valence-electron chi connectivity index (χ1n) is 4.40. The Hall–Kier alpha value is -1.25. The summed E-state index contributed by atoms with van der Waals surface area (Å²) in [7, 11) is 0. The molecular formula is C10H12FNO. The Bertz CT molecular complexity index is 325. The van der Waals surface area contributed by atoms with Gasteiger partial charge in [-0.1, -0.05) is 12.1 Å².